The maximum atomic E-state index is 5.94. The molecule has 0 aliphatic carbocycles. The molecule has 1 aliphatic rings. The van der Waals surface area contributed by atoms with Crippen LogP contribution in [0.1, 0.15) is 37.9 Å². The highest BCUT2D eigenvalue weighted by molar-refractivity contribution is 9.10. The van der Waals surface area contributed by atoms with Gasteiger partial charge in [0.05, 0.1) is 0 Å². The third-order valence-corrected chi connectivity index (χ3v) is 3.10. The average molecular weight is 270 g/mol. The summed E-state index contributed by atoms with van der Waals surface area (Å²) in [5.41, 5.74) is 8.18. The number of nitrogens with two attached hydrogens (primary N) is 1. The predicted molar refractivity (Wildman–Crippen MR) is 65.2 cm³/mol. The molecule has 0 fully saturated rings. The van der Waals surface area contributed by atoms with Crippen molar-refractivity contribution in [2.45, 2.75) is 38.8 Å². The molecule has 0 saturated carbocycles. The third-order valence-electron chi connectivity index (χ3n) is 2.64. The summed E-state index contributed by atoms with van der Waals surface area (Å²) >= 11 is 3.51. The molecule has 2 N–H and O–H groups in total. The summed E-state index contributed by atoms with van der Waals surface area (Å²) in [6, 6.07) is 4.17. The molecule has 0 amide bonds. The Morgan fingerprint density at radius 3 is 2.73 bits per heavy atom. The lowest BCUT2D eigenvalue weighted by molar-refractivity contribution is 0.137. The number of hydrogen-bond acceptors (Lipinski definition) is 2. The van der Waals surface area contributed by atoms with Crippen LogP contribution in [0, 0.1) is 0 Å². The number of rotatable bonds is 1. The summed E-state index contributed by atoms with van der Waals surface area (Å²) in [6.45, 7) is 6.19. The molecule has 2 rings (SSSR count). The van der Waals surface area contributed by atoms with Crippen LogP contribution in [0.25, 0.3) is 0 Å². The van der Waals surface area contributed by atoms with Crippen molar-refractivity contribution in [3.05, 3.63) is 27.7 Å². The van der Waals surface area contributed by atoms with E-state index in [9.17, 15) is 0 Å². The van der Waals surface area contributed by atoms with Crippen molar-refractivity contribution in [3.63, 3.8) is 0 Å². The summed E-state index contributed by atoms with van der Waals surface area (Å²) in [7, 11) is 0. The number of fused-ring (bicyclic) bond motifs is 1. The lowest BCUT2D eigenvalue weighted by Crippen LogP contribution is -2.25. The molecule has 15 heavy (non-hydrogen) atoms. The normalized spacial score (nSPS) is 19.5. The van der Waals surface area contributed by atoms with Crippen LogP contribution in [0.3, 0.4) is 0 Å². The minimum Gasteiger partial charge on any atom is -0.487 e. The van der Waals surface area contributed by atoms with Gasteiger partial charge in [-0.2, -0.15) is 0 Å². The Balaban J connectivity index is 2.53. The largest absolute Gasteiger partial charge is 0.487 e. The zero-order valence-electron chi connectivity index (χ0n) is 9.30. The van der Waals surface area contributed by atoms with Crippen LogP contribution in [0.15, 0.2) is 16.6 Å². The summed E-state index contributed by atoms with van der Waals surface area (Å²) in [5, 5.41) is 0. The molecule has 2 nitrogen and oxygen atoms in total. The van der Waals surface area contributed by atoms with E-state index in [1.54, 1.807) is 0 Å². The molecule has 1 heterocycles. The number of ether oxygens (including phenoxy) is 1. The Kier molecular flexibility index (Phi) is 2.55. The molecule has 0 bridgehead atoms. The Morgan fingerprint density at radius 1 is 1.47 bits per heavy atom. The Bertz CT molecular complexity index is 399. The smallest absolute Gasteiger partial charge is 0.128 e. The molecule has 1 aromatic carbocycles. The van der Waals surface area contributed by atoms with Gasteiger partial charge in [0.15, 0.2) is 0 Å². The maximum Gasteiger partial charge on any atom is 0.128 e. The van der Waals surface area contributed by atoms with Crippen molar-refractivity contribution in [1.29, 1.82) is 0 Å². The lowest BCUT2D eigenvalue weighted by atomic mass is 9.99. The molecule has 0 spiro atoms. The van der Waals surface area contributed by atoms with E-state index in [4.69, 9.17) is 10.5 Å². The van der Waals surface area contributed by atoms with E-state index < -0.39 is 0 Å². The quantitative estimate of drug-likeness (QED) is 0.850. The zero-order chi connectivity index (χ0) is 11.2. The molecule has 3 heteroatoms. The fourth-order valence-electron chi connectivity index (χ4n) is 2.04. The molecule has 0 radical (unpaired) electrons. The Hall–Kier alpha value is -0.540. The summed E-state index contributed by atoms with van der Waals surface area (Å²) in [6.07, 6.45) is 0.946. The van der Waals surface area contributed by atoms with Gasteiger partial charge in [0, 0.05) is 22.5 Å². The topological polar surface area (TPSA) is 35.2 Å². The number of benzene rings is 1. The van der Waals surface area contributed by atoms with Gasteiger partial charge in [0.1, 0.15) is 11.4 Å². The van der Waals surface area contributed by atoms with Crippen molar-refractivity contribution in [2.75, 3.05) is 0 Å². The highest BCUT2D eigenvalue weighted by atomic mass is 79.9. The van der Waals surface area contributed by atoms with Crippen LogP contribution in [-0.4, -0.2) is 5.60 Å². The third kappa shape index (κ3) is 2.04. The van der Waals surface area contributed by atoms with Crippen molar-refractivity contribution in [3.8, 4) is 5.75 Å². The fourth-order valence-corrected chi connectivity index (χ4v) is 2.56. The van der Waals surface area contributed by atoms with Gasteiger partial charge in [-0.25, -0.2) is 0 Å². The summed E-state index contributed by atoms with van der Waals surface area (Å²) < 4.78 is 7.02. The molecule has 0 aromatic heterocycles. The first-order valence-electron chi connectivity index (χ1n) is 5.16. The van der Waals surface area contributed by atoms with Crippen LogP contribution in [0.2, 0.25) is 0 Å². The van der Waals surface area contributed by atoms with Crippen LogP contribution in [0.5, 0.6) is 5.75 Å². The highest BCUT2D eigenvalue weighted by Crippen LogP contribution is 2.41. The predicted octanol–water partition coefficient (Wildman–Crippen LogP) is 3.18. The van der Waals surface area contributed by atoms with Crippen molar-refractivity contribution in [1.82, 2.24) is 0 Å². The molecule has 0 saturated heterocycles. The second kappa shape index (κ2) is 3.49. The molecular weight excluding hydrogens is 254 g/mol. The van der Waals surface area contributed by atoms with Gasteiger partial charge in [-0.1, -0.05) is 15.9 Å². The van der Waals surface area contributed by atoms with Crippen LogP contribution in [0.4, 0.5) is 0 Å². The monoisotopic (exact) mass is 269 g/mol. The zero-order valence-corrected chi connectivity index (χ0v) is 10.9. The SMILES string of the molecule is CC(N)c1cc(Br)cc2c1OC(C)(C)C2. The molecule has 82 valence electrons. The van der Waals surface area contributed by atoms with Crippen LogP contribution >= 0.6 is 15.9 Å². The standard InChI is InChI=1S/C12H16BrNO/c1-7(14)10-5-9(13)4-8-6-12(2,3)15-11(8)10/h4-5,7H,6,14H2,1-3H3. The second-order valence-electron chi connectivity index (χ2n) is 4.81. The van der Waals surface area contributed by atoms with Gasteiger partial charge < -0.3 is 10.5 Å². The highest BCUT2D eigenvalue weighted by Gasteiger charge is 2.32. The van der Waals surface area contributed by atoms with E-state index in [0.717, 1.165) is 22.2 Å². The van der Waals surface area contributed by atoms with Crippen molar-refractivity contribution >= 4 is 15.9 Å². The van der Waals surface area contributed by atoms with E-state index in [1.807, 2.05) is 13.0 Å². The van der Waals surface area contributed by atoms with Gasteiger partial charge >= 0.3 is 0 Å². The van der Waals surface area contributed by atoms with E-state index in [2.05, 4.69) is 35.8 Å². The summed E-state index contributed by atoms with van der Waals surface area (Å²) in [5.74, 6) is 0.984. The van der Waals surface area contributed by atoms with Gasteiger partial charge in [-0.15, -0.1) is 0 Å². The van der Waals surface area contributed by atoms with Crippen molar-refractivity contribution in [2.24, 2.45) is 5.73 Å². The molecular formula is C12H16BrNO. The second-order valence-corrected chi connectivity index (χ2v) is 5.73. The van der Waals surface area contributed by atoms with Gasteiger partial charge in [-0.05, 0) is 38.5 Å². The number of halogens is 1. The van der Waals surface area contributed by atoms with E-state index >= 15 is 0 Å². The fraction of sp³-hybridized carbons (Fsp3) is 0.500. The van der Waals surface area contributed by atoms with Gasteiger partial charge in [-0.3, -0.25) is 0 Å². The molecule has 1 atom stereocenters. The van der Waals surface area contributed by atoms with Gasteiger partial charge in [0.2, 0.25) is 0 Å². The molecule has 1 aliphatic heterocycles. The summed E-state index contributed by atoms with van der Waals surface area (Å²) in [4.78, 5) is 0. The average Bonchev–Trinajstić information content (AvgIpc) is 2.36. The Morgan fingerprint density at radius 2 is 2.13 bits per heavy atom. The van der Waals surface area contributed by atoms with E-state index in [0.29, 0.717) is 0 Å². The molecule has 1 unspecified atom stereocenters. The van der Waals surface area contributed by atoms with Crippen LogP contribution < -0.4 is 10.5 Å². The first-order valence-corrected chi connectivity index (χ1v) is 5.95. The first kappa shape index (κ1) is 11.0. The van der Waals surface area contributed by atoms with Crippen molar-refractivity contribution < 1.29 is 4.74 Å². The lowest BCUT2D eigenvalue weighted by Gasteiger charge is -2.19. The van der Waals surface area contributed by atoms with E-state index in [-0.39, 0.29) is 11.6 Å². The van der Waals surface area contributed by atoms with Gasteiger partial charge in [0.25, 0.3) is 0 Å². The first-order chi connectivity index (χ1) is 6.89. The minimum absolute atomic E-state index is 0.00477. The Labute approximate surface area is 98.9 Å². The maximum absolute atomic E-state index is 5.94. The minimum atomic E-state index is -0.104. The van der Waals surface area contributed by atoms with Crippen LogP contribution in [-0.2, 0) is 6.42 Å². The van der Waals surface area contributed by atoms with E-state index in [1.165, 1.54) is 5.56 Å². The number of hydrogen-bond donors (Lipinski definition) is 1. The molecule has 1 aromatic rings.